The van der Waals surface area contributed by atoms with E-state index >= 15 is 0 Å². The lowest BCUT2D eigenvalue weighted by Crippen LogP contribution is -2.19. The Morgan fingerprint density at radius 2 is 1.77 bits per heavy atom. The summed E-state index contributed by atoms with van der Waals surface area (Å²) in [5.41, 5.74) is 3.46. The van der Waals surface area contributed by atoms with E-state index in [4.69, 9.17) is 5.14 Å². The minimum Gasteiger partial charge on any atom is -0.256 e. The molecule has 2 aromatic carbocycles. The molecular weight excluding hydrogens is 412 g/mol. The molecule has 158 valence electrons. The Hall–Kier alpha value is -3.17. The molecule has 8 nitrogen and oxygen atoms in total. The number of H-pyrrole nitrogens is 1. The third-order valence-electron chi connectivity index (χ3n) is 6.03. The van der Waals surface area contributed by atoms with Gasteiger partial charge in [-0.2, -0.15) is 5.21 Å². The third-order valence-corrected chi connectivity index (χ3v) is 7.03. The first-order chi connectivity index (χ1) is 15.0. The van der Waals surface area contributed by atoms with Crippen LogP contribution in [0, 0.1) is 0 Å². The van der Waals surface area contributed by atoms with Gasteiger partial charge in [-0.15, -0.1) is 10.2 Å². The van der Waals surface area contributed by atoms with Gasteiger partial charge in [0.2, 0.25) is 15.8 Å². The van der Waals surface area contributed by atoms with Crippen molar-refractivity contribution in [1.82, 2.24) is 25.6 Å². The fraction of sp³-hybridized carbons (Fsp3) is 0.273. The maximum Gasteiger partial charge on any atom is 0.239 e. The lowest BCUT2D eigenvalue weighted by Gasteiger charge is -2.26. The molecular formula is C22H22N6O2S. The number of tetrazole rings is 1. The topological polar surface area (TPSA) is 128 Å². The second kappa shape index (κ2) is 7.82. The van der Waals surface area contributed by atoms with E-state index in [9.17, 15) is 8.42 Å². The highest BCUT2D eigenvalue weighted by atomic mass is 32.2. The Morgan fingerprint density at radius 3 is 2.52 bits per heavy atom. The van der Waals surface area contributed by atoms with Crippen LogP contribution in [0.2, 0.25) is 0 Å². The number of nitrogens with two attached hydrogens (primary N) is 1. The van der Waals surface area contributed by atoms with Gasteiger partial charge in [0.25, 0.3) is 0 Å². The Bertz CT molecular complexity index is 1340. The number of para-hydroxylation sites is 1. The van der Waals surface area contributed by atoms with Crippen LogP contribution in [0.4, 0.5) is 0 Å². The largest absolute Gasteiger partial charge is 0.256 e. The van der Waals surface area contributed by atoms with Crippen molar-refractivity contribution in [2.75, 3.05) is 0 Å². The number of pyridine rings is 1. The zero-order chi connectivity index (χ0) is 21.4. The van der Waals surface area contributed by atoms with Crippen LogP contribution in [0.15, 0.2) is 53.6 Å². The highest BCUT2D eigenvalue weighted by Gasteiger charge is 2.30. The number of aromatic amines is 1. The summed E-state index contributed by atoms with van der Waals surface area (Å²) in [6.45, 7) is 0. The molecule has 1 fully saturated rings. The Labute approximate surface area is 180 Å². The zero-order valence-corrected chi connectivity index (χ0v) is 17.6. The van der Waals surface area contributed by atoms with E-state index in [2.05, 4.69) is 25.6 Å². The lowest BCUT2D eigenvalue weighted by molar-refractivity contribution is 0.438. The first kappa shape index (κ1) is 19.8. The van der Waals surface area contributed by atoms with Gasteiger partial charge >= 0.3 is 0 Å². The molecule has 1 aliphatic rings. The molecule has 0 spiro atoms. The first-order valence-corrected chi connectivity index (χ1v) is 11.9. The molecule has 4 aromatic rings. The number of nitrogens with zero attached hydrogens (tertiary/aromatic N) is 4. The van der Waals surface area contributed by atoms with Crippen molar-refractivity contribution >= 4 is 20.9 Å². The van der Waals surface area contributed by atoms with E-state index in [0.29, 0.717) is 11.1 Å². The van der Waals surface area contributed by atoms with Gasteiger partial charge in [-0.05, 0) is 52.8 Å². The van der Waals surface area contributed by atoms with Crippen molar-refractivity contribution in [2.24, 2.45) is 5.14 Å². The van der Waals surface area contributed by atoms with Crippen LogP contribution in [0.1, 0.15) is 43.6 Å². The number of hydrogen-bond acceptors (Lipinski definition) is 6. The van der Waals surface area contributed by atoms with E-state index in [1.807, 2.05) is 42.5 Å². The van der Waals surface area contributed by atoms with Gasteiger partial charge in [-0.3, -0.25) is 4.98 Å². The van der Waals surface area contributed by atoms with Gasteiger partial charge in [0.05, 0.1) is 16.0 Å². The van der Waals surface area contributed by atoms with Gasteiger partial charge in [0.1, 0.15) is 0 Å². The van der Waals surface area contributed by atoms with E-state index in [1.54, 1.807) is 6.20 Å². The van der Waals surface area contributed by atoms with Gasteiger partial charge in [-0.25, -0.2) is 13.6 Å². The molecule has 0 radical (unpaired) electrons. The minimum absolute atomic E-state index is 0.0965. The van der Waals surface area contributed by atoms with Crippen molar-refractivity contribution < 1.29 is 8.42 Å². The van der Waals surface area contributed by atoms with E-state index in [-0.39, 0.29) is 16.6 Å². The molecule has 31 heavy (non-hydrogen) atoms. The molecule has 5 rings (SSSR count). The summed E-state index contributed by atoms with van der Waals surface area (Å²) in [6.07, 6.45) is 6.90. The summed E-state index contributed by atoms with van der Waals surface area (Å²) in [6, 6.07) is 13.5. The second-order valence-electron chi connectivity index (χ2n) is 7.90. The SMILES string of the molecule is NS(=O)(=O)c1c(C2CCCCC2)ccc(-c2ccnc3ccccc23)c1-c1nn[nH]n1. The smallest absolute Gasteiger partial charge is 0.239 e. The fourth-order valence-electron chi connectivity index (χ4n) is 4.69. The van der Waals surface area contributed by atoms with Crippen LogP contribution >= 0.6 is 0 Å². The standard InChI is InChI=1S/C22H22N6O2S/c23-31(29,30)21-15(14-6-2-1-3-7-14)10-11-18(20(21)22-25-27-28-26-22)16-12-13-24-19-9-5-4-8-17(16)19/h4-5,8-14H,1-3,6-7H2,(H2,23,29,30)(H,25,26,27,28). The molecule has 1 aliphatic carbocycles. The van der Waals surface area contributed by atoms with Gasteiger partial charge in [0, 0.05) is 11.6 Å². The number of aromatic nitrogens is 5. The minimum atomic E-state index is -4.06. The Balaban J connectivity index is 1.86. The molecule has 3 N–H and O–H groups in total. The molecule has 2 heterocycles. The average Bonchev–Trinajstić information content (AvgIpc) is 3.32. The average molecular weight is 435 g/mol. The molecule has 0 atom stereocenters. The molecule has 2 aromatic heterocycles. The molecule has 0 saturated heterocycles. The van der Waals surface area contributed by atoms with Gasteiger partial charge < -0.3 is 0 Å². The van der Waals surface area contributed by atoms with E-state index in [0.717, 1.165) is 47.7 Å². The maximum atomic E-state index is 12.9. The summed E-state index contributed by atoms with van der Waals surface area (Å²) in [7, 11) is -4.06. The Kier molecular flexibility index (Phi) is 4.99. The maximum absolute atomic E-state index is 12.9. The third kappa shape index (κ3) is 3.60. The van der Waals surface area contributed by atoms with Crippen molar-refractivity contribution in [3.63, 3.8) is 0 Å². The van der Waals surface area contributed by atoms with Gasteiger partial charge in [-0.1, -0.05) is 49.6 Å². The summed E-state index contributed by atoms with van der Waals surface area (Å²) in [5, 5.41) is 21.1. The monoisotopic (exact) mass is 434 g/mol. The fourth-order valence-corrected chi connectivity index (χ4v) is 5.73. The number of primary sulfonamides is 1. The molecule has 1 saturated carbocycles. The van der Waals surface area contributed by atoms with Crippen LogP contribution < -0.4 is 5.14 Å². The van der Waals surface area contributed by atoms with Crippen molar-refractivity contribution in [3.05, 3.63) is 54.2 Å². The molecule has 0 aliphatic heterocycles. The first-order valence-electron chi connectivity index (χ1n) is 10.3. The highest BCUT2D eigenvalue weighted by Crippen LogP contribution is 2.44. The number of benzene rings is 2. The van der Waals surface area contributed by atoms with Crippen LogP contribution in [-0.4, -0.2) is 34.0 Å². The van der Waals surface area contributed by atoms with Crippen molar-refractivity contribution in [2.45, 2.75) is 42.9 Å². The molecule has 0 bridgehead atoms. The van der Waals surface area contributed by atoms with Crippen LogP contribution in [-0.2, 0) is 10.0 Å². The summed E-state index contributed by atoms with van der Waals surface area (Å²) >= 11 is 0. The van der Waals surface area contributed by atoms with E-state index in [1.165, 1.54) is 6.42 Å². The number of hydrogen-bond donors (Lipinski definition) is 2. The lowest BCUT2D eigenvalue weighted by atomic mass is 9.82. The normalized spacial score (nSPS) is 15.4. The number of fused-ring (bicyclic) bond motifs is 1. The summed E-state index contributed by atoms with van der Waals surface area (Å²) in [4.78, 5) is 4.53. The molecule has 9 heteroatoms. The van der Waals surface area contributed by atoms with E-state index < -0.39 is 10.0 Å². The zero-order valence-electron chi connectivity index (χ0n) is 16.8. The predicted octanol–water partition coefficient (Wildman–Crippen LogP) is 3.78. The van der Waals surface area contributed by atoms with Crippen LogP contribution in [0.25, 0.3) is 33.4 Å². The van der Waals surface area contributed by atoms with Crippen LogP contribution in [0.3, 0.4) is 0 Å². The number of rotatable bonds is 4. The predicted molar refractivity (Wildman–Crippen MR) is 118 cm³/mol. The number of sulfonamides is 1. The van der Waals surface area contributed by atoms with Crippen molar-refractivity contribution in [3.8, 4) is 22.5 Å². The summed E-state index contributed by atoms with van der Waals surface area (Å²) in [5.74, 6) is 0.341. The van der Waals surface area contributed by atoms with Gasteiger partial charge in [0.15, 0.2) is 0 Å². The highest BCUT2D eigenvalue weighted by molar-refractivity contribution is 7.89. The quantitative estimate of drug-likeness (QED) is 0.503. The molecule has 0 unspecified atom stereocenters. The van der Waals surface area contributed by atoms with Crippen molar-refractivity contribution in [1.29, 1.82) is 0 Å². The van der Waals surface area contributed by atoms with Crippen LogP contribution in [0.5, 0.6) is 0 Å². The number of nitrogens with one attached hydrogen (secondary N) is 1. The molecule has 0 amide bonds. The Morgan fingerprint density at radius 1 is 0.968 bits per heavy atom. The summed E-state index contributed by atoms with van der Waals surface area (Å²) < 4.78 is 25.9. The second-order valence-corrected chi connectivity index (χ2v) is 9.40.